The standard InChI is InChI=1S/C19H20N2O6/c1-12(13-5-4-6-14(11-13)21(25)26)27-17(22)9-10-20-18(23)15-7-2-3-8-16(15)19(20)24/h2-6,11-12,15-16H,7-10H2,1H3/t12-,15+,16+/m1/s1. The molecule has 0 unspecified atom stereocenters. The third kappa shape index (κ3) is 3.89. The smallest absolute Gasteiger partial charge is 0.308 e. The van der Waals surface area contributed by atoms with Crippen molar-refractivity contribution in [2.75, 3.05) is 6.54 Å². The molecule has 0 saturated carbocycles. The summed E-state index contributed by atoms with van der Waals surface area (Å²) in [6.07, 6.45) is 4.15. The van der Waals surface area contributed by atoms with Crippen molar-refractivity contribution in [1.82, 2.24) is 4.90 Å². The van der Waals surface area contributed by atoms with Crippen LogP contribution in [0.15, 0.2) is 36.4 Å². The molecule has 1 saturated heterocycles. The first kappa shape index (κ1) is 18.8. The van der Waals surface area contributed by atoms with Crippen LogP contribution < -0.4 is 0 Å². The maximum Gasteiger partial charge on any atom is 0.308 e. The Balaban J connectivity index is 1.55. The first-order valence-electron chi connectivity index (χ1n) is 8.82. The number of carbonyl (C=O) groups is 3. The molecule has 3 atom stereocenters. The third-order valence-electron chi connectivity index (χ3n) is 5.00. The van der Waals surface area contributed by atoms with Crippen LogP contribution in [0, 0.1) is 22.0 Å². The fourth-order valence-electron chi connectivity index (χ4n) is 3.51. The number of esters is 1. The number of likely N-dealkylation sites (tertiary alicyclic amines) is 1. The Morgan fingerprint density at radius 3 is 2.48 bits per heavy atom. The van der Waals surface area contributed by atoms with Gasteiger partial charge in [-0.15, -0.1) is 0 Å². The predicted octanol–water partition coefficient (Wildman–Crippen LogP) is 2.54. The summed E-state index contributed by atoms with van der Waals surface area (Å²) in [4.78, 5) is 48.3. The van der Waals surface area contributed by atoms with Crippen LogP contribution in [0.1, 0.15) is 37.9 Å². The minimum Gasteiger partial charge on any atom is -0.458 e. The second kappa shape index (κ2) is 7.69. The molecule has 1 heterocycles. The number of allylic oxidation sites excluding steroid dienone is 2. The predicted molar refractivity (Wildman–Crippen MR) is 94.3 cm³/mol. The zero-order valence-electron chi connectivity index (χ0n) is 14.9. The molecule has 1 aliphatic heterocycles. The topological polar surface area (TPSA) is 107 Å². The van der Waals surface area contributed by atoms with Gasteiger partial charge in [0, 0.05) is 18.7 Å². The molecule has 8 nitrogen and oxygen atoms in total. The number of amides is 2. The number of rotatable bonds is 6. The summed E-state index contributed by atoms with van der Waals surface area (Å²) in [6, 6.07) is 5.87. The van der Waals surface area contributed by atoms with E-state index in [9.17, 15) is 24.5 Å². The van der Waals surface area contributed by atoms with Crippen molar-refractivity contribution in [3.05, 3.63) is 52.1 Å². The number of non-ortho nitro benzene ring substituents is 1. The van der Waals surface area contributed by atoms with Crippen molar-refractivity contribution in [2.24, 2.45) is 11.8 Å². The Bertz CT molecular complexity index is 792. The van der Waals surface area contributed by atoms with E-state index in [-0.39, 0.29) is 42.3 Å². The van der Waals surface area contributed by atoms with Crippen LogP contribution in [-0.4, -0.2) is 34.2 Å². The van der Waals surface area contributed by atoms with Crippen molar-refractivity contribution >= 4 is 23.5 Å². The monoisotopic (exact) mass is 372 g/mol. The summed E-state index contributed by atoms with van der Waals surface area (Å²) in [7, 11) is 0. The normalized spacial score (nSPS) is 22.5. The van der Waals surface area contributed by atoms with Gasteiger partial charge in [0.15, 0.2) is 0 Å². The van der Waals surface area contributed by atoms with E-state index in [4.69, 9.17) is 4.74 Å². The Morgan fingerprint density at radius 1 is 1.26 bits per heavy atom. The maximum absolute atomic E-state index is 12.4. The quantitative estimate of drug-likeness (QED) is 0.250. The second-order valence-electron chi connectivity index (χ2n) is 6.72. The molecule has 0 bridgehead atoms. The number of fused-ring (bicyclic) bond motifs is 1. The van der Waals surface area contributed by atoms with E-state index in [0.29, 0.717) is 18.4 Å². The van der Waals surface area contributed by atoms with E-state index in [1.807, 2.05) is 12.2 Å². The highest BCUT2D eigenvalue weighted by molar-refractivity contribution is 6.05. The summed E-state index contributed by atoms with van der Waals surface area (Å²) >= 11 is 0. The molecule has 2 aliphatic rings. The molecule has 1 fully saturated rings. The van der Waals surface area contributed by atoms with Crippen LogP contribution in [0.5, 0.6) is 0 Å². The molecular formula is C19H20N2O6. The molecule has 27 heavy (non-hydrogen) atoms. The minimum atomic E-state index is -0.672. The van der Waals surface area contributed by atoms with Crippen molar-refractivity contribution in [1.29, 1.82) is 0 Å². The molecule has 2 amide bonds. The average Bonchev–Trinajstić information content (AvgIpc) is 2.91. The highest BCUT2D eigenvalue weighted by atomic mass is 16.6. The van der Waals surface area contributed by atoms with E-state index < -0.39 is 17.0 Å². The molecule has 0 spiro atoms. The number of ether oxygens (including phenoxy) is 1. The van der Waals surface area contributed by atoms with Crippen molar-refractivity contribution in [2.45, 2.75) is 32.3 Å². The summed E-state index contributed by atoms with van der Waals surface area (Å²) in [5, 5.41) is 10.8. The average molecular weight is 372 g/mol. The Hall–Kier alpha value is -3.03. The highest BCUT2D eigenvalue weighted by Gasteiger charge is 2.46. The number of benzene rings is 1. The number of nitro benzene ring substituents is 1. The van der Waals surface area contributed by atoms with Gasteiger partial charge >= 0.3 is 5.97 Å². The third-order valence-corrected chi connectivity index (χ3v) is 5.00. The van der Waals surface area contributed by atoms with E-state index in [1.54, 1.807) is 13.0 Å². The largest absolute Gasteiger partial charge is 0.458 e. The molecule has 1 aliphatic carbocycles. The molecule has 1 aromatic carbocycles. The van der Waals surface area contributed by atoms with Gasteiger partial charge in [-0.05, 0) is 25.3 Å². The van der Waals surface area contributed by atoms with Gasteiger partial charge in [0.05, 0.1) is 23.2 Å². The molecule has 1 aromatic rings. The van der Waals surface area contributed by atoms with E-state index >= 15 is 0 Å². The number of imide groups is 1. The highest BCUT2D eigenvalue weighted by Crippen LogP contribution is 2.35. The van der Waals surface area contributed by atoms with Gasteiger partial charge in [0.25, 0.3) is 5.69 Å². The lowest BCUT2D eigenvalue weighted by molar-refractivity contribution is -0.385. The van der Waals surface area contributed by atoms with Gasteiger partial charge in [-0.25, -0.2) is 0 Å². The second-order valence-corrected chi connectivity index (χ2v) is 6.72. The Kier molecular flexibility index (Phi) is 5.34. The van der Waals surface area contributed by atoms with Crippen LogP contribution in [0.25, 0.3) is 0 Å². The van der Waals surface area contributed by atoms with E-state index in [0.717, 1.165) is 4.90 Å². The molecule has 0 radical (unpaired) electrons. The van der Waals surface area contributed by atoms with Gasteiger partial charge in [-0.3, -0.25) is 29.4 Å². The zero-order valence-corrected chi connectivity index (χ0v) is 14.9. The molecule has 142 valence electrons. The molecule has 0 aromatic heterocycles. The maximum atomic E-state index is 12.4. The number of nitro groups is 1. The lowest BCUT2D eigenvalue weighted by atomic mass is 9.85. The summed E-state index contributed by atoms with van der Waals surface area (Å²) < 4.78 is 5.30. The van der Waals surface area contributed by atoms with E-state index in [1.165, 1.54) is 18.2 Å². The first-order chi connectivity index (χ1) is 12.9. The number of hydrogen-bond donors (Lipinski definition) is 0. The SMILES string of the molecule is C[C@@H](OC(=O)CCN1C(=O)[C@H]2CC=CC[C@@H]2C1=O)c1cccc([N+](=O)[O-])c1. The number of hydrogen-bond acceptors (Lipinski definition) is 6. The van der Waals surface area contributed by atoms with Gasteiger partial charge in [-0.2, -0.15) is 0 Å². The van der Waals surface area contributed by atoms with Crippen LogP contribution in [0.3, 0.4) is 0 Å². The lowest BCUT2D eigenvalue weighted by Gasteiger charge is -2.16. The van der Waals surface area contributed by atoms with Crippen molar-refractivity contribution in [3.63, 3.8) is 0 Å². The Labute approximate surface area is 155 Å². The van der Waals surface area contributed by atoms with Crippen molar-refractivity contribution < 1.29 is 24.0 Å². The fraction of sp³-hybridized carbons (Fsp3) is 0.421. The summed E-state index contributed by atoms with van der Waals surface area (Å²) in [5.74, 6) is -1.66. The molecule has 0 N–H and O–H groups in total. The fourth-order valence-corrected chi connectivity index (χ4v) is 3.51. The van der Waals surface area contributed by atoms with Crippen LogP contribution in [0.2, 0.25) is 0 Å². The van der Waals surface area contributed by atoms with Crippen LogP contribution >= 0.6 is 0 Å². The first-order valence-corrected chi connectivity index (χ1v) is 8.82. The van der Waals surface area contributed by atoms with Crippen LogP contribution in [-0.2, 0) is 19.1 Å². The Morgan fingerprint density at radius 2 is 1.89 bits per heavy atom. The zero-order chi connectivity index (χ0) is 19.6. The minimum absolute atomic E-state index is 0.00877. The lowest BCUT2D eigenvalue weighted by Crippen LogP contribution is -2.33. The van der Waals surface area contributed by atoms with Gasteiger partial charge in [0.2, 0.25) is 11.8 Å². The van der Waals surface area contributed by atoms with Gasteiger partial charge < -0.3 is 4.74 Å². The van der Waals surface area contributed by atoms with Gasteiger partial charge in [0.1, 0.15) is 6.10 Å². The summed E-state index contributed by atoms with van der Waals surface area (Å²) in [5.41, 5.74) is 0.419. The molecular weight excluding hydrogens is 352 g/mol. The molecule has 3 rings (SSSR count). The van der Waals surface area contributed by atoms with Crippen LogP contribution in [0.4, 0.5) is 5.69 Å². The van der Waals surface area contributed by atoms with Gasteiger partial charge in [-0.1, -0.05) is 24.3 Å². The number of carbonyl (C=O) groups excluding carboxylic acids is 3. The summed E-state index contributed by atoms with van der Waals surface area (Å²) in [6.45, 7) is 1.61. The van der Waals surface area contributed by atoms with Crippen molar-refractivity contribution in [3.8, 4) is 0 Å². The van der Waals surface area contributed by atoms with E-state index in [2.05, 4.69) is 0 Å². The molecule has 8 heteroatoms. The number of nitrogens with zero attached hydrogens (tertiary/aromatic N) is 2.